The summed E-state index contributed by atoms with van der Waals surface area (Å²) >= 11 is 0. The SMILES string of the molecule is CCN(CC)c1ccc([N+](=O)[O-])cc1C(=O)Nc1ccc(C(N)=O)cc1. The minimum Gasteiger partial charge on any atom is -0.371 e. The molecule has 0 aromatic heterocycles. The van der Waals surface area contributed by atoms with Crippen molar-refractivity contribution in [1.29, 1.82) is 0 Å². The molecule has 0 saturated heterocycles. The van der Waals surface area contributed by atoms with E-state index in [0.717, 1.165) is 0 Å². The highest BCUT2D eigenvalue weighted by atomic mass is 16.6. The van der Waals surface area contributed by atoms with Gasteiger partial charge >= 0.3 is 0 Å². The first kappa shape index (κ1) is 18.9. The quantitative estimate of drug-likeness (QED) is 0.584. The van der Waals surface area contributed by atoms with Crippen molar-refractivity contribution < 1.29 is 14.5 Å². The third kappa shape index (κ3) is 4.15. The van der Waals surface area contributed by atoms with Crippen LogP contribution in [0.25, 0.3) is 0 Å². The summed E-state index contributed by atoms with van der Waals surface area (Å²) in [7, 11) is 0. The summed E-state index contributed by atoms with van der Waals surface area (Å²) in [5.41, 5.74) is 6.64. The van der Waals surface area contributed by atoms with E-state index in [2.05, 4.69) is 5.32 Å². The number of nitrogens with one attached hydrogen (secondary N) is 1. The van der Waals surface area contributed by atoms with Crippen LogP contribution in [0.1, 0.15) is 34.6 Å². The molecule has 0 saturated carbocycles. The summed E-state index contributed by atoms with van der Waals surface area (Å²) in [6.07, 6.45) is 0. The van der Waals surface area contributed by atoms with Gasteiger partial charge in [-0.2, -0.15) is 0 Å². The highest BCUT2D eigenvalue weighted by Gasteiger charge is 2.19. The number of carbonyl (C=O) groups is 2. The van der Waals surface area contributed by atoms with Gasteiger partial charge in [-0.15, -0.1) is 0 Å². The highest BCUT2D eigenvalue weighted by molar-refractivity contribution is 6.08. The fraction of sp³-hybridized carbons (Fsp3) is 0.222. The molecule has 0 atom stereocenters. The van der Waals surface area contributed by atoms with Crippen molar-refractivity contribution in [2.45, 2.75) is 13.8 Å². The molecule has 8 nitrogen and oxygen atoms in total. The number of rotatable bonds is 7. The molecule has 0 unspecified atom stereocenters. The number of nitrogens with zero attached hydrogens (tertiary/aromatic N) is 2. The molecule has 0 spiro atoms. The number of anilines is 2. The lowest BCUT2D eigenvalue weighted by atomic mass is 10.1. The van der Waals surface area contributed by atoms with Gasteiger partial charge in [-0.25, -0.2) is 0 Å². The van der Waals surface area contributed by atoms with Crippen LogP contribution >= 0.6 is 0 Å². The molecule has 0 heterocycles. The average Bonchev–Trinajstić information content (AvgIpc) is 2.63. The Balaban J connectivity index is 2.37. The second kappa shape index (κ2) is 8.11. The number of primary amides is 1. The van der Waals surface area contributed by atoms with E-state index in [1.165, 1.54) is 24.3 Å². The Morgan fingerprint density at radius 2 is 1.73 bits per heavy atom. The van der Waals surface area contributed by atoms with Crippen molar-refractivity contribution in [3.05, 3.63) is 63.7 Å². The van der Waals surface area contributed by atoms with Gasteiger partial charge < -0.3 is 16.0 Å². The molecule has 2 aromatic carbocycles. The molecular formula is C18H20N4O4. The van der Waals surface area contributed by atoms with Crippen molar-refractivity contribution in [2.24, 2.45) is 5.73 Å². The fourth-order valence-corrected chi connectivity index (χ4v) is 2.58. The Morgan fingerprint density at radius 1 is 1.12 bits per heavy atom. The van der Waals surface area contributed by atoms with Crippen molar-refractivity contribution in [3.63, 3.8) is 0 Å². The van der Waals surface area contributed by atoms with E-state index in [9.17, 15) is 19.7 Å². The Hall–Kier alpha value is -3.42. The Kier molecular flexibility index (Phi) is 5.90. The smallest absolute Gasteiger partial charge is 0.270 e. The zero-order chi connectivity index (χ0) is 19.3. The van der Waals surface area contributed by atoms with Crippen LogP contribution in [0.3, 0.4) is 0 Å². The molecule has 0 aliphatic rings. The maximum Gasteiger partial charge on any atom is 0.270 e. The Labute approximate surface area is 150 Å². The van der Waals surface area contributed by atoms with E-state index in [1.807, 2.05) is 18.7 Å². The molecule has 2 aromatic rings. The topological polar surface area (TPSA) is 119 Å². The van der Waals surface area contributed by atoms with Crippen LogP contribution in [0, 0.1) is 10.1 Å². The molecule has 8 heteroatoms. The standard InChI is InChI=1S/C18H20N4O4/c1-3-21(4-2)16-10-9-14(22(25)26)11-15(16)18(24)20-13-7-5-12(6-8-13)17(19)23/h5-11H,3-4H2,1-2H3,(H2,19,23)(H,20,24). The number of carbonyl (C=O) groups excluding carboxylic acids is 2. The summed E-state index contributed by atoms with van der Waals surface area (Å²) in [5.74, 6) is -1.03. The van der Waals surface area contributed by atoms with E-state index in [4.69, 9.17) is 5.73 Å². The predicted molar refractivity (Wildman–Crippen MR) is 99.6 cm³/mol. The van der Waals surface area contributed by atoms with E-state index in [1.54, 1.807) is 18.2 Å². The lowest BCUT2D eigenvalue weighted by Crippen LogP contribution is -2.25. The monoisotopic (exact) mass is 356 g/mol. The Bertz CT molecular complexity index is 830. The molecule has 0 aliphatic heterocycles. The van der Waals surface area contributed by atoms with Gasteiger partial charge in [0, 0.05) is 36.5 Å². The molecule has 0 radical (unpaired) electrons. The summed E-state index contributed by atoms with van der Waals surface area (Å²) in [6.45, 7) is 5.19. The second-order valence-corrected chi connectivity index (χ2v) is 5.53. The molecule has 26 heavy (non-hydrogen) atoms. The fourth-order valence-electron chi connectivity index (χ4n) is 2.58. The number of nitro benzene ring substituents is 1. The van der Waals surface area contributed by atoms with Crippen LogP contribution in [0.5, 0.6) is 0 Å². The third-order valence-corrected chi connectivity index (χ3v) is 3.97. The molecule has 0 aliphatic carbocycles. The number of non-ortho nitro benzene ring substituents is 1. The van der Waals surface area contributed by atoms with Crippen LogP contribution in [0.2, 0.25) is 0 Å². The van der Waals surface area contributed by atoms with Crippen LogP contribution in [0.4, 0.5) is 17.1 Å². The average molecular weight is 356 g/mol. The normalized spacial score (nSPS) is 10.2. The molecule has 0 fully saturated rings. The first-order valence-electron chi connectivity index (χ1n) is 8.12. The van der Waals surface area contributed by atoms with Gasteiger partial charge in [0.05, 0.1) is 16.2 Å². The predicted octanol–water partition coefficient (Wildman–Crippen LogP) is 2.79. The minimum atomic E-state index is -0.564. The van der Waals surface area contributed by atoms with Gasteiger partial charge in [-0.1, -0.05) is 0 Å². The number of benzene rings is 2. The van der Waals surface area contributed by atoms with E-state index < -0.39 is 16.7 Å². The third-order valence-electron chi connectivity index (χ3n) is 3.97. The van der Waals surface area contributed by atoms with Crippen molar-refractivity contribution in [2.75, 3.05) is 23.3 Å². The van der Waals surface area contributed by atoms with E-state index in [0.29, 0.717) is 30.0 Å². The van der Waals surface area contributed by atoms with Crippen LogP contribution in [-0.4, -0.2) is 29.8 Å². The number of amides is 2. The van der Waals surface area contributed by atoms with E-state index >= 15 is 0 Å². The summed E-state index contributed by atoms with van der Waals surface area (Å²) in [4.78, 5) is 36.3. The molecule has 2 amide bonds. The molecule has 3 N–H and O–H groups in total. The summed E-state index contributed by atoms with van der Waals surface area (Å²) in [6, 6.07) is 10.3. The van der Waals surface area contributed by atoms with Crippen molar-refractivity contribution >= 4 is 28.9 Å². The van der Waals surface area contributed by atoms with Gasteiger partial charge in [-0.3, -0.25) is 19.7 Å². The lowest BCUT2D eigenvalue weighted by Gasteiger charge is -2.23. The van der Waals surface area contributed by atoms with Gasteiger partial charge in [-0.05, 0) is 44.2 Å². The van der Waals surface area contributed by atoms with Gasteiger partial charge in [0.25, 0.3) is 11.6 Å². The number of nitrogens with two attached hydrogens (primary N) is 1. The lowest BCUT2D eigenvalue weighted by molar-refractivity contribution is -0.384. The van der Waals surface area contributed by atoms with Crippen molar-refractivity contribution in [3.8, 4) is 0 Å². The summed E-state index contributed by atoms with van der Waals surface area (Å²) in [5, 5.41) is 13.8. The van der Waals surface area contributed by atoms with Crippen LogP contribution in [-0.2, 0) is 0 Å². The second-order valence-electron chi connectivity index (χ2n) is 5.53. The molecular weight excluding hydrogens is 336 g/mol. The maximum atomic E-state index is 12.7. The zero-order valence-electron chi connectivity index (χ0n) is 14.6. The van der Waals surface area contributed by atoms with Crippen LogP contribution < -0.4 is 16.0 Å². The first-order valence-corrected chi connectivity index (χ1v) is 8.12. The van der Waals surface area contributed by atoms with Crippen molar-refractivity contribution in [1.82, 2.24) is 0 Å². The first-order chi connectivity index (χ1) is 12.4. The number of hydrogen-bond acceptors (Lipinski definition) is 5. The van der Waals surface area contributed by atoms with Gasteiger partial charge in [0.15, 0.2) is 0 Å². The highest BCUT2D eigenvalue weighted by Crippen LogP contribution is 2.26. The van der Waals surface area contributed by atoms with Gasteiger partial charge in [0.2, 0.25) is 5.91 Å². The zero-order valence-corrected chi connectivity index (χ0v) is 14.6. The maximum absolute atomic E-state index is 12.7. The molecule has 0 bridgehead atoms. The summed E-state index contributed by atoms with van der Waals surface area (Å²) < 4.78 is 0. The van der Waals surface area contributed by atoms with Gasteiger partial charge in [0.1, 0.15) is 0 Å². The number of nitro groups is 1. The molecule has 136 valence electrons. The number of hydrogen-bond donors (Lipinski definition) is 2. The largest absolute Gasteiger partial charge is 0.371 e. The van der Waals surface area contributed by atoms with Crippen LogP contribution in [0.15, 0.2) is 42.5 Å². The Morgan fingerprint density at radius 3 is 2.23 bits per heavy atom. The van der Waals surface area contributed by atoms with E-state index in [-0.39, 0.29) is 11.3 Å². The molecule has 2 rings (SSSR count). The minimum absolute atomic E-state index is 0.157.